The number of carboxylic acid groups (broad SMARTS) is 1. The van der Waals surface area contributed by atoms with Crippen LogP contribution in [0.4, 0.5) is 5.00 Å². The molecule has 0 unspecified atom stereocenters. The van der Waals surface area contributed by atoms with Crippen LogP contribution < -0.4 is 5.32 Å². The van der Waals surface area contributed by atoms with Gasteiger partial charge in [-0.2, -0.15) is 0 Å². The van der Waals surface area contributed by atoms with Crippen molar-refractivity contribution in [3.8, 4) is 11.1 Å². The molecule has 0 aliphatic carbocycles. The highest BCUT2D eigenvalue weighted by atomic mass is 35.5. The molecule has 0 fully saturated rings. The minimum Gasteiger partial charge on any atom is -0.478 e. The lowest BCUT2D eigenvalue weighted by Crippen LogP contribution is -2.13. The van der Waals surface area contributed by atoms with Crippen LogP contribution in [0.1, 0.15) is 20.7 Å². The van der Waals surface area contributed by atoms with Crippen LogP contribution in [0.15, 0.2) is 60.0 Å². The van der Waals surface area contributed by atoms with Crippen LogP contribution in [0, 0.1) is 0 Å². The Morgan fingerprint density at radius 2 is 1.62 bits per heavy atom. The van der Waals surface area contributed by atoms with Crippen molar-refractivity contribution < 1.29 is 14.7 Å². The van der Waals surface area contributed by atoms with Crippen molar-refractivity contribution in [1.82, 2.24) is 0 Å². The quantitative estimate of drug-likeness (QED) is 0.689. The highest BCUT2D eigenvalue weighted by Crippen LogP contribution is 2.38. The van der Waals surface area contributed by atoms with Crippen molar-refractivity contribution in [2.75, 3.05) is 5.32 Å². The first-order chi connectivity index (χ1) is 11.6. The zero-order chi connectivity index (χ0) is 17.1. The molecule has 0 bridgehead atoms. The Morgan fingerprint density at radius 1 is 0.958 bits per heavy atom. The lowest BCUT2D eigenvalue weighted by Gasteiger charge is -2.07. The topological polar surface area (TPSA) is 66.4 Å². The van der Waals surface area contributed by atoms with E-state index < -0.39 is 5.97 Å². The van der Waals surface area contributed by atoms with E-state index in [0.29, 0.717) is 21.7 Å². The lowest BCUT2D eigenvalue weighted by atomic mass is 10.0. The molecule has 0 saturated heterocycles. The van der Waals surface area contributed by atoms with Crippen LogP contribution in [0.2, 0.25) is 5.02 Å². The molecule has 0 radical (unpaired) electrons. The van der Waals surface area contributed by atoms with Gasteiger partial charge in [0, 0.05) is 27.1 Å². The normalized spacial score (nSPS) is 10.4. The van der Waals surface area contributed by atoms with Crippen molar-refractivity contribution in [3.63, 3.8) is 0 Å². The van der Waals surface area contributed by atoms with Gasteiger partial charge >= 0.3 is 5.97 Å². The molecule has 1 heterocycles. The van der Waals surface area contributed by atoms with Gasteiger partial charge in [0.15, 0.2) is 0 Å². The summed E-state index contributed by atoms with van der Waals surface area (Å²) in [6.45, 7) is 0. The Labute approximate surface area is 147 Å². The van der Waals surface area contributed by atoms with Gasteiger partial charge in [0.1, 0.15) is 10.6 Å². The molecule has 120 valence electrons. The first-order valence-electron chi connectivity index (χ1n) is 7.04. The van der Waals surface area contributed by atoms with Crippen molar-refractivity contribution in [2.24, 2.45) is 0 Å². The third-order valence-corrected chi connectivity index (χ3v) is 4.66. The molecular formula is C18H12ClNO3S. The number of halogens is 1. The van der Waals surface area contributed by atoms with Gasteiger partial charge in [-0.1, -0.05) is 48.0 Å². The monoisotopic (exact) mass is 357 g/mol. The lowest BCUT2D eigenvalue weighted by molar-refractivity contribution is 0.0699. The van der Waals surface area contributed by atoms with E-state index in [1.807, 2.05) is 0 Å². The molecule has 0 aliphatic heterocycles. The summed E-state index contributed by atoms with van der Waals surface area (Å²) in [7, 11) is 0. The zero-order valence-corrected chi connectivity index (χ0v) is 13.9. The smallest absolute Gasteiger partial charge is 0.339 e. The second kappa shape index (κ2) is 6.86. The summed E-state index contributed by atoms with van der Waals surface area (Å²) in [4.78, 5) is 24.0. The van der Waals surface area contributed by atoms with Crippen LogP contribution in [-0.2, 0) is 0 Å². The van der Waals surface area contributed by atoms with E-state index in [1.165, 1.54) is 0 Å². The van der Waals surface area contributed by atoms with Gasteiger partial charge in [-0.05, 0) is 18.2 Å². The first-order valence-corrected chi connectivity index (χ1v) is 8.29. The second-order valence-corrected chi connectivity index (χ2v) is 6.25. The number of carbonyl (C=O) groups is 2. The van der Waals surface area contributed by atoms with Crippen molar-refractivity contribution in [3.05, 3.63) is 76.1 Å². The van der Waals surface area contributed by atoms with E-state index in [-0.39, 0.29) is 16.5 Å². The molecule has 2 N–H and O–H groups in total. The average molecular weight is 358 g/mol. The minimum absolute atomic E-state index is 0.0392. The third kappa shape index (κ3) is 3.18. The number of nitrogens with one attached hydrogen (secondary N) is 1. The summed E-state index contributed by atoms with van der Waals surface area (Å²) in [5.41, 5.74) is 1.61. The summed E-state index contributed by atoms with van der Waals surface area (Å²) in [6, 6.07) is 15.6. The van der Waals surface area contributed by atoms with Gasteiger partial charge < -0.3 is 10.4 Å². The maximum Gasteiger partial charge on any atom is 0.339 e. The summed E-state index contributed by atoms with van der Waals surface area (Å²) in [5.74, 6) is -1.47. The van der Waals surface area contributed by atoms with Crippen molar-refractivity contribution in [2.45, 2.75) is 0 Å². The molecule has 2 aromatic carbocycles. The molecule has 0 saturated carbocycles. The molecule has 3 rings (SSSR count). The Kier molecular flexibility index (Phi) is 4.64. The highest BCUT2D eigenvalue weighted by molar-refractivity contribution is 7.15. The van der Waals surface area contributed by atoms with Gasteiger partial charge in [0.05, 0.1) is 0 Å². The SMILES string of the molecule is O=C(Nc1scc(-c2ccccc2Cl)c1C(=O)O)c1ccccc1. The number of amides is 1. The van der Waals surface area contributed by atoms with Crippen LogP contribution in [0.5, 0.6) is 0 Å². The zero-order valence-electron chi connectivity index (χ0n) is 12.3. The molecule has 0 atom stereocenters. The number of anilines is 1. The fraction of sp³-hybridized carbons (Fsp3) is 0. The number of hydrogen-bond acceptors (Lipinski definition) is 3. The molecule has 0 aliphatic rings. The number of carbonyl (C=O) groups excluding carboxylic acids is 1. The Balaban J connectivity index is 2.00. The van der Waals surface area contributed by atoms with Gasteiger partial charge in [-0.15, -0.1) is 11.3 Å². The number of carboxylic acids is 1. The summed E-state index contributed by atoms with van der Waals surface area (Å²) in [6.07, 6.45) is 0. The predicted octanol–water partition coefficient (Wildman–Crippen LogP) is 5.02. The predicted molar refractivity (Wildman–Crippen MR) is 96.1 cm³/mol. The summed E-state index contributed by atoms with van der Waals surface area (Å²) < 4.78 is 0. The van der Waals surface area contributed by atoms with Gasteiger partial charge in [-0.3, -0.25) is 4.79 Å². The Morgan fingerprint density at radius 3 is 2.29 bits per heavy atom. The number of thiophene rings is 1. The Bertz CT molecular complexity index is 906. The van der Waals surface area contributed by atoms with Gasteiger partial charge in [0.2, 0.25) is 0 Å². The molecule has 24 heavy (non-hydrogen) atoms. The number of rotatable bonds is 4. The second-order valence-electron chi connectivity index (χ2n) is 4.96. The average Bonchev–Trinajstić information content (AvgIpc) is 2.99. The molecule has 1 aromatic heterocycles. The Hall–Kier alpha value is -2.63. The van der Waals surface area contributed by atoms with E-state index in [2.05, 4.69) is 5.32 Å². The maximum atomic E-state index is 12.3. The first kappa shape index (κ1) is 16.2. The fourth-order valence-corrected chi connectivity index (χ4v) is 3.49. The minimum atomic E-state index is -1.12. The standard InChI is InChI=1S/C18H12ClNO3S/c19-14-9-5-4-8-12(14)13-10-24-17(15(13)18(22)23)20-16(21)11-6-2-1-3-7-11/h1-10H,(H,20,21)(H,22,23). The van der Waals surface area contributed by atoms with E-state index in [0.717, 1.165) is 11.3 Å². The largest absolute Gasteiger partial charge is 0.478 e. The van der Waals surface area contributed by atoms with Crippen LogP contribution in [-0.4, -0.2) is 17.0 Å². The van der Waals surface area contributed by atoms with E-state index in [1.54, 1.807) is 60.0 Å². The third-order valence-electron chi connectivity index (χ3n) is 3.43. The molecular weight excluding hydrogens is 346 g/mol. The van der Waals surface area contributed by atoms with E-state index in [4.69, 9.17) is 11.6 Å². The highest BCUT2D eigenvalue weighted by Gasteiger charge is 2.22. The van der Waals surface area contributed by atoms with Crippen LogP contribution >= 0.6 is 22.9 Å². The number of benzene rings is 2. The van der Waals surface area contributed by atoms with E-state index in [9.17, 15) is 14.7 Å². The summed E-state index contributed by atoms with van der Waals surface area (Å²) in [5, 5.41) is 14.7. The van der Waals surface area contributed by atoms with Gasteiger partial charge in [0.25, 0.3) is 5.91 Å². The fourth-order valence-electron chi connectivity index (χ4n) is 2.30. The molecule has 1 amide bonds. The molecule has 0 spiro atoms. The van der Waals surface area contributed by atoms with E-state index >= 15 is 0 Å². The molecule has 6 heteroatoms. The van der Waals surface area contributed by atoms with Crippen molar-refractivity contribution in [1.29, 1.82) is 0 Å². The number of aromatic carboxylic acids is 1. The maximum absolute atomic E-state index is 12.3. The van der Waals surface area contributed by atoms with Crippen LogP contribution in [0.3, 0.4) is 0 Å². The number of hydrogen-bond donors (Lipinski definition) is 2. The summed E-state index contributed by atoms with van der Waals surface area (Å²) >= 11 is 7.33. The molecule has 4 nitrogen and oxygen atoms in total. The van der Waals surface area contributed by atoms with Crippen molar-refractivity contribution >= 4 is 39.8 Å². The van der Waals surface area contributed by atoms with Crippen LogP contribution in [0.25, 0.3) is 11.1 Å². The van der Waals surface area contributed by atoms with Gasteiger partial charge in [-0.25, -0.2) is 4.79 Å². The molecule has 3 aromatic rings.